The molecule has 1 saturated carbocycles. The van der Waals surface area contributed by atoms with Crippen molar-refractivity contribution in [2.45, 2.75) is 45.1 Å². The second kappa shape index (κ2) is 9.96. The molecule has 4 rings (SSSR count). The largest absolute Gasteiger partial charge is 0.355 e. The van der Waals surface area contributed by atoms with Crippen LogP contribution in [0.2, 0.25) is 5.02 Å². The first-order valence-electron chi connectivity index (χ1n) is 10.9. The highest BCUT2D eigenvalue weighted by Gasteiger charge is 2.21. The summed E-state index contributed by atoms with van der Waals surface area (Å²) in [5.41, 5.74) is 2.40. The zero-order valence-corrected chi connectivity index (χ0v) is 18.2. The normalized spacial score (nSPS) is 14.5. The van der Waals surface area contributed by atoms with Crippen molar-refractivity contribution >= 4 is 40.1 Å². The van der Waals surface area contributed by atoms with Gasteiger partial charge in [0.25, 0.3) is 0 Å². The van der Waals surface area contributed by atoms with Gasteiger partial charge in [0.05, 0.1) is 11.0 Å². The highest BCUT2D eigenvalue weighted by Crippen LogP contribution is 2.23. The standard InChI is InChI=1S/C24H27ClN4O2/c25-18-9-6-10-19(15-18)27-23(30)16-29-21-12-5-4-11-20(21)28-22(29)13-14-26-24(31)17-7-2-1-3-8-17/h4-6,9-12,15,17H,1-3,7-8,13-14,16H2,(H,26,31)(H,27,30). The lowest BCUT2D eigenvalue weighted by atomic mass is 9.89. The van der Waals surface area contributed by atoms with E-state index in [0.717, 1.165) is 42.5 Å². The van der Waals surface area contributed by atoms with Gasteiger partial charge in [-0.2, -0.15) is 0 Å². The number of para-hydroxylation sites is 2. The molecule has 1 aliphatic carbocycles. The van der Waals surface area contributed by atoms with E-state index in [1.807, 2.05) is 28.8 Å². The second-order valence-corrected chi connectivity index (χ2v) is 8.47. The zero-order chi connectivity index (χ0) is 21.6. The molecule has 0 aliphatic heterocycles. The number of aromatic nitrogens is 2. The molecular formula is C24H27ClN4O2. The lowest BCUT2D eigenvalue weighted by molar-refractivity contribution is -0.125. The first-order chi connectivity index (χ1) is 15.1. The van der Waals surface area contributed by atoms with E-state index in [0.29, 0.717) is 23.7 Å². The molecule has 7 heteroatoms. The van der Waals surface area contributed by atoms with Crippen LogP contribution in [0.1, 0.15) is 37.9 Å². The molecule has 31 heavy (non-hydrogen) atoms. The Bertz CT molecular complexity index is 1070. The molecule has 2 aromatic carbocycles. The second-order valence-electron chi connectivity index (χ2n) is 8.04. The minimum absolute atomic E-state index is 0.135. The van der Waals surface area contributed by atoms with Crippen molar-refractivity contribution in [1.29, 1.82) is 0 Å². The Morgan fingerprint density at radius 2 is 1.87 bits per heavy atom. The Morgan fingerprint density at radius 3 is 2.68 bits per heavy atom. The molecule has 162 valence electrons. The third kappa shape index (κ3) is 5.44. The Hall–Kier alpha value is -2.86. The van der Waals surface area contributed by atoms with Crippen molar-refractivity contribution in [3.05, 3.63) is 59.4 Å². The molecule has 0 bridgehead atoms. The summed E-state index contributed by atoms with van der Waals surface area (Å²) in [4.78, 5) is 29.9. The number of nitrogens with one attached hydrogen (secondary N) is 2. The number of amides is 2. The Kier molecular flexibility index (Phi) is 6.87. The number of rotatable bonds is 7. The molecule has 1 aliphatic rings. The van der Waals surface area contributed by atoms with E-state index in [1.165, 1.54) is 6.42 Å². The van der Waals surface area contributed by atoms with E-state index < -0.39 is 0 Å². The Balaban J connectivity index is 1.44. The van der Waals surface area contributed by atoms with Gasteiger partial charge in [0, 0.05) is 29.6 Å². The van der Waals surface area contributed by atoms with Crippen molar-refractivity contribution in [3.63, 3.8) is 0 Å². The number of carbonyl (C=O) groups excluding carboxylic acids is 2. The average molecular weight is 439 g/mol. The fraction of sp³-hybridized carbons (Fsp3) is 0.375. The molecule has 1 heterocycles. The number of halogens is 1. The molecule has 2 amide bonds. The van der Waals surface area contributed by atoms with Crippen LogP contribution < -0.4 is 10.6 Å². The van der Waals surface area contributed by atoms with E-state index in [4.69, 9.17) is 16.6 Å². The van der Waals surface area contributed by atoms with Gasteiger partial charge in [0.15, 0.2) is 0 Å². The van der Waals surface area contributed by atoms with Gasteiger partial charge in [0.1, 0.15) is 12.4 Å². The third-order valence-corrected chi connectivity index (χ3v) is 6.00. The summed E-state index contributed by atoms with van der Waals surface area (Å²) >= 11 is 6.01. The summed E-state index contributed by atoms with van der Waals surface area (Å²) in [6.07, 6.45) is 6.02. The monoisotopic (exact) mass is 438 g/mol. The molecule has 0 saturated heterocycles. The Morgan fingerprint density at radius 1 is 1.06 bits per heavy atom. The molecule has 1 fully saturated rings. The third-order valence-electron chi connectivity index (χ3n) is 5.77. The number of nitrogens with zero attached hydrogens (tertiary/aromatic N) is 2. The fourth-order valence-electron chi connectivity index (χ4n) is 4.21. The van der Waals surface area contributed by atoms with Gasteiger partial charge in [-0.05, 0) is 43.2 Å². The Labute approximate surface area is 187 Å². The number of hydrogen-bond donors (Lipinski definition) is 2. The molecular weight excluding hydrogens is 412 g/mol. The molecule has 0 radical (unpaired) electrons. The summed E-state index contributed by atoms with van der Waals surface area (Å²) in [6, 6.07) is 14.8. The van der Waals surface area contributed by atoms with Gasteiger partial charge in [-0.3, -0.25) is 9.59 Å². The van der Waals surface area contributed by atoms with Crippen LogP contribution in [0.4, 0.5) is 5.69 Å². The van der Waals surface area contributed by atoms with Crippen LogP contribution in [-0.4, -0.2) is 27.9 Å². The number of benzene rings is 2. The predicted octanol–water partition coefficient (Wildman–Crippen LogP) is 4.57. The lowest BCUT2D eigenvalue weighted by Crippen LogP contribution is -2.33. The SMILES string of the molecule is O=C(Cn1c(CCNC(=O)C2CCCCC2)nc2ccccc21)Nc1cccc(Cl)c1. The predicted molar refractivity (Wildman–Crippen MR) is 123 cm³/mol. The van der Waals surface area contributed by atoms with Crippen LogP contribution in [0.3, 0.4) is 0 Å². The van der Waals surface area contributed by atoms with Gasteiger partial charge in [-0.25, -0.2) is 4.98 Å². The number of hydrogen-bond acceptors (Lipinski definition) is 3. The van der Waals surface area contributed by atoms with Crippen LogP contribution in [-0.2, 0) is 22.6 Å². The summed E-state index contributed by atoms with van der Waals surface area (Å²) in [6.45, 7) is 0.646. The van der Waals surface area contributed by atoms with E-state index in [1.54, 1.807) is 24.3 Å². The van der Waals surface area contributed by atoms with E-state index in [9.17, 15) is 9.59 Å². The van der Waals surface area contributed by atoms with Crippen LogP contribution >= 0.6 is 11.6 Å². The zero-order valence-electron chi connectivity index (χ0n) is 17.4. The highest BCUT2D eigenvalue weighted by atomic mass is 35.5. The van der Waals surface area contributed by atoms with Crippen LogP contribution in [0.25, 0.3) is 11.0 Å². The minimum atomic E-state index is -0.155. The van der Waals surface area contributed by atoms with Crippen LogP contribution in [0.5, 0.6) is 0 Å². The maximum Gasteiger partial charge on any atom is 0.244 e. The molecule has 2 N–H and O–H groups in total. The highest BCUT2D eigenvalue weighted by molar-refractivity contribution is 6.30. The summed E-state index contributed by atoms with van der Waals surface area (Å²) < 4.78 is 1.92. The van der Waals surface area contributed by atoms with Crippen molar-refractivity contribution in [2.75, 3.05) is 11.9 Å². The topological polar surface area (TPSA) is 76.0 Å². The number of carbonyl (C=O) groups is 2. The molecule has 0 unspecified atom stereocenters. The lowest BCUT2D eigenvalue weighted by Gasteiger charge is -2.20. The molecule has 6 nitrogen and oxygen atoms in total. The smallest absolute Gasteiger partial charge is 0.244 e. The van der Waals surface area contributed by atoms with Gasteiger partial charge in [-0.15, -0.1) is 0 Å². The van der Waals surface area contributed by atoms with Crippen molar-refractivity contribution in [2.24, 2.45) is 5.92 Å². The van der Waals surface area contributed by atoms with Crippen molar-refractivity contribution in [1.82, 2.24) is 14.9 Å². The minimum Gasteiger partial charge on any atom is -0.355 e. The van der Waals surface area contributed by atoms with Gasteiger partial charge < -0.3 is 15.2 Å². The van der Waals surface area contributed by atoms with Crippen molar-refractivity contribution in [3.8, 4) is 0 Å². The molecule has 3 aromatic rings. The average Bonchev–Trinajstić information content (AvgIpc) is 3.11. The van der Waals surface area contributed by atoms with Gasteiger partial charge in [-0.1, -0.05) is 49.1 Å². The van der Waals surface area contributed by atoms with E-state index >= 15 is 0 Å². The van der Waals surface area contributed by atoms with Crippen LogP contribution in [0.15, 0.2) is 48.5 Å². The maximum atomic E-state index is 12.7. The van der Waals surface area contributed by atoms with Crippen LogP contribution in [0, 0.1) is 5.92 Å². The molecule has 0 atom stereocenters. The first kappa shape index (κ1) is 21.4. The van der Waals surface area contributed by atoms with Crippen molar-refractivity contribution < 1.29 is 9.59 Å². The quantitative estimate of drug-likeness (QED) is 0.567. The summed E-state index contributed by atoms with van der Waals surface area (Å²) in [7, 11) is 0. The number of imidazole rings is 1. The van der Waals surface area contributed by atoms with E-state index in [-0.39, 0.29) is 24.3 Å². The van der Waals surface area contributed by atoms with E-state index in [2.05, 4.69) is 10.6 Å². The molecule has 1 aromatic heterocycles. The number of fused-ring (bicyclic) bond motifs is 1. The maximum absolute atomic E-state index is 12.7. The van der Waals surface area contributed by atoms with Gasteiger partial charge in [0.2, 0.25) is 11.8 Å². The summed E-state index contributed by atoms with van der Waals surface area (Å²) in [5.74, 6) is 0.904. The fourth-order valence-corrected chi connectivity index (χ4v) is 4.40. The first-order valence-corrected chi connectivity index (χ1v) is 11.3. The molecule has 0 spiro atoms. The van der Waals surface area contributed by atoms with Gasteiger partial charge >= 0.3 is 0 Å². The summed E-state index contributed by atoms with van der Waals surface area (Å²) in [5, 5.41) is 6.52. The number of anilines is 1.